The number of aliphatic hydroxyl groups excluding tert-OH is 1. The summed E-state index contributed by atoms with van der Waals surface area (Å²) >= 11 is 6.32. The average Bonchev–Trinajstić information content (AvgIpc) is 3.08. The van der Waals surface area contributed by atoms with Crippen LogP contribution in [0.3, 0.4) is 0 Å². The van der Waals surface area contributed by atoms with Gasteiger partial charge in [0.1, 0.15) is 0 Å². The Morgan fingerprint density at radius 2 is 2.17 bits per heavy atom. The van der Waals surface area contributed by atoms with Crippen LogP contribution in [0.5, 0.6) is 0 Å². The van der Waals surface area contributed by atoms with E-state index in [-0.39, 0.29) is 6.10 Å². The van der Waals surface area contributed by atoms with E-state index in [1.165, 1.54) is 12.8 Å². The van der Waals surface area contributed by atoms with Crippen molar-refractivity contribution in [3.8, 4) is 0 Å². The number of anilines is 1. The third kappa shape index (κ3) is 2.79. The van der Waals surface area contributed by atoms with Crippen molar-refractivity contribution in [3.05, 3.63) is 28.8 Å². The number of hydrogen-bond acceptors (Lipinski definition) is 3. The van der Waals surface area contributed by atoms with E-state index in [0.29, 0.717) is 6.04 Å². The molecule has 1 atom stereocenters. The van der Waals surface area contributed by atoms with Crippen LogP contribution in [0.15, 0.2) is 18.2 Å². The van der Waals surface area contributed by atoms with Crippen LogP contribution in [-0.4, -0.2) is 30.3 Å². The SMILES string of the molecule is OC1CCN(c2ccc(CNC3CC3)c(Cl)c2)C1. The maximum atomic E-state index is 9.55. The Kier molecular flexibility index (Phi) is 3.46. The molecule has 3 rings (SSSR count). The zero-order valence-electron chi connectivity index (χ0n) is 10.4. The summed E-state index contributed by atoms with van der Waals surface area (Å²) in [5.74, 6) is 0. The first kappa shape index (κ1) is 12.3. The van der Waals surface area contributed by atoms with Crippen molar-refractivity contribution in [2.75, 3.05) is 18.0 Å². The normalized spacial score (nSPS) is 23.7. The molecule has 4 heteroatoms. The van der Waals surface area contributed by atoms with Crippen LogP contribution >= 0.6 is 11.6 Å². The van der Waals surface area contributed by atoms with Crippen LogP contribution in [0.1, 0.15) is 24.8 Å². The van der Waals surface area contributed by atoms with Gasteiger partial charge in [-0.3, -0.25) is 0 Å². The second kappa shape index (κ2) is 5.08. The summed E-state index contributed by atoms with van der Waals surface area (Å²) in [5.41, 5.74) is 2.28. The number of nitrogens with zero attached hydrogens (tertiary/aromatic N) is 1. The van der Waals surface area contributed by atoms with Gasteiger partial charge < -0.3 is 15.3 Å². The summed E-state index contributed by atoms with van der Waals surface area (Å²) < 4.78 is 0. The molecule has 1 aliphatic heterocycles. The van der Waals surface area contributed by atoms with Gasteiger partial charge in [0.2, 0.25) is 0 Å². The van der Waals surface area contributed by atoms with E-state index in [1.54, 1.807) is 0 Å². The number of β-amino-alcohol motifs (C(OH)–C–C–N with tert-alkyl or cyclic N) is 1. The molecule has 1 aliphatic carbocycles. The molecule has 98 valence electrons. The van der Waals surface area contributed by atoms with Crippen LogP contribution in [-0.2, 0) is 6.54 Å². The van der Waals surface area contributed by atoms with Crippen molar-refractivity contribution in [3.63, 3.8) is 0 Å². The summed E-state index contributed by atoms with van der Waals surface area (Å²) in [5, 5.41) is 13.8. The zero-order chi connectivity index (χ0) is 12.5. The van der Waals surface area contributed by atoms with Crippen LogP contribution in [0.2, 0.25) is 5.02 Å². The molecule has 1 unspecified atom stereocenters. The quantitative estimate of drug-likeness (QED) is 0.877. The average molecular weight is 267 g/mol. The number of nitrogens with one attached hydrogen (secondary N) is 1. The van der Waals surface area contributed by atoms with Crippen molar-refractivity contribution in [1.82, 2.24) is 5.32 Å². The highest BCUT2D eigenvalue weighted by molar-refractivity contribution is 6.31. The van der Waals surface area contributed by atoms with E-state index in [0.717, 1.165) is 42.3 Å². The monoisotopic (exact) mass is 266 g/mol. The molecular weight excluding hydrogens is 248 g/mol. The standard InChI is InChI=1S/C14H19ClN2O/c15-14-7-12(17-6-5-13(18)9-17)4-1-10(14)8-16-11-2-3-11/h1,4,7,11,13,16,18H,2-3,5-6,8-9H2. The number of aliphatic hydroxyl groups is 1. The lowest BCUT2D eigenvalue weighted by molar-refractivity contribution is 0.198. The smallest absolute Gasteiger partial charge is 0.0731 e. The molecule has 1 heterocycles. The predicted octanol–water partition coefficient (Wildman–Crippen LogP) is 2.16. The van der Waals surface area contributed by atoms with E-state index in [9.17, 15) is 5.11 Å². The molecule has 0 amide bonds. The largest absolute Gasteiger partial charge is 0.391 e. The zero-order valence-corrected chi connectivity index (χ0v) is 11.2. The maximum Gasteiger partial charge on any atom is 0.0731 e. The van der Waals surface area contributed by atoms with Gasteiger partial charge in [0.15, 0.2) is 0 Å². The molecule has 2 N–H and O–H groups in total. The van der Waals surface area contributed by atoms with Gasteiger partial charge in [-0.1, -0.05) is 17.7 Å². The third-order valence-electron chi connectivity index (χ3n) is 3.72. The number of halogens is 1. The molecule has 0 radical (unpaired) electrons. The van der Waals surface area contributed by atoms with Gasteiger partial charge in [-0.05, 0) is 37.0 Å². The molecule has 0 spiro atoms. The highest BCUT2D eigenvalue weighted by atomic mass is 35.5. The van der Waals surface area contributed by atoms with Crippen LogP contribution in [0, 0.1) is 0 Å². The summed E-state index contributed by atoms with van der Waals surface area (Å²) in [7, 11) is 0. The van der Waals surface area contributed by atoms with Crippen LogP contribution < -0.4 is 10.2 Å². The van der Waals surface area contributed by atoms with E-state index in [4.69, 9.17) is 11.6 Å². The van der Waals surface area contributed by atoms with Crippen molar-refractivity contribution in [2.45, 2.75) is 38.0 Å². The Morgan fingerprint density at radius 3 is 2.78 bits per heavy atom. The summed E-state index contributed by atoms with van der Waals surface area (Å²) in [6.07, 6.45) is 3.24. The molecule has 2 aliphatic rings. The molecule has 2 fully saturated rings. The van der Waals surface area contributed by atoms with Crippen LogP contribution in [0.4, 0.5) is 5.69 Å². The molecule has 1 aromatic rings. The minimum atomic E-state index is -0.194. The van der Waals surface area contributed by atoms with Gasteiger partial charge in [0, 0.05) is 36.4 Å². The fourth-order valence-electron chi connectivity index (χ4n) is 2.39. The Bertz CT molecular complexity index is 434. The Labute approximate surface area is 113 Å². The van der Waals surface area contributed by atoms with E-state index < -0.39 is 0 Å². The molecule has 1 aromatic carbocycles. The predicted molar refractivity (Wildman–Crippen MR) is 74.2 cm³/mol. The Hall–Kier alpha value is -0.770. The van der Waals surface area contributed by atoms with Gasteiger partial charge in [-0.25, -0.2) is 0 Å². The van der Waals surface area contributed by atoms with E-state index >= 15 is 0 Å². The lowest BCUT2D eigenvalue weighted by Gasteiger charge is -2.19. The van der Waals surface area contributed by atoms with Crippen molar-refractivity contribution < 1.29 is 5.11 Å². The molecule has 1 saturated carbocycles. The summed E-state index contributed by atoms with van der Waals surface area (Å²) in [6.45, 7) is 2.49. The number of hydrogen-bond donors (Lipinski definition) is 2. The van der Waals surface area contributed by atoms with Crippen molar-refractivity contribution in [1.29, 1.82) is 0 Å². The van der Waals surface area contributed by atoms with Gasteiger partial charge in [0.05, 0.1) is 6.10 Å². The molecule has 0 bridgehead atoms. The topological polar surface area (TPSA) is 35.5 Å². The van der Waals surface area contributed by atoms with Gasteiger partial charge >= 0.3 is 0 Å². The van der Waals surface area contributed by atoms with Crippen molar-refractivity contribution >= 4 is 17.3 Å². The first-order valence-corrected chi connectivity index (χ1v) is 7.05. The summed E-state index contributed by atoms with van der Waals surface area (Å²) in [4.78, 5) is 2.19. The Balaban J connectivity index is 1.67. The lowest BCUT2D eigenvalue weighted by atomic mass is 10.2. The van der Waals surface area contributed by atoms with Gasteiger partial charge in [-0.15, -0.1) is 0 Å². The van der Waals surface area contributed by atoms with Crippen molar-refractivity contribution in [2.24, 2.45) is 0 Å². The summed E-state index contributed by atoms with van der Waals surface area (Å²) in [6, 6.07) is 6.92. The van der Waals surface area contributed by atoms with Crippen LogP contribution in [0.25, 0.3) is 0 Å². The first-order chi connectivity index (χ1) is 8.72. The minimum Gasteiger partial charge on any atom is -0.391 e. The molecular formula is C14H19ClN2O. The number of benzene rings is 1. The second-order valence-electron chi connectivity index (χ2n) is 5.32. The molecule has 18 heavy (non-hydrogen) atoms. The molecule has 0 aromatic heterocycles. The fourth-order valence-corrected chi connectivity index (χ4v) is 2.64. The molecule has 3 nitrogen and oxygen atoms in total. The van der Waals surface area contributed by atoms with E-state index in [2.05, 4.69) is 22.3 Å². The first-order valence-electron chi connectivity index (χ1n) is 6.67. The Morgan fingerprint density at radius 1 is 1.33 bits per heavy atom. The van der Waals surface area contributed by atoms with Gasteiger partial charge in [0.25, 0.3) is 0 Å². The third-order valence-corrected chi connectivity index (χ3v) is 4.08. The second-order valence-corrected chi connectivity index (χ2v) is 5.73. The molecule has 1 saturated heterocycles. The fraction of sp³-hybridized carbons (Fsp3) is 0.571. The number of rotatable bonds is 4. The van der Waals surface area contributed by atoms with Gasteiger partial charge in [-0.2, -0.15) is 0 Å². The highest BCUT2D eigenvalue weighted by Crippen LogP contribution is 2.27. The lowest BCUT2D eigenvalue weighted by Crippen LogP contribution is -2.21. The minimum absolute atomic E-state index is 0.194. The highest BCUT2D eigenvalue weighted by Gasteiger charge is 2.22. The maximum absolute atomic E-state index is 9.55. The van der Waals surface area contributed by atoms with E-state index in [1.807, 2.05) is 6.07 Å².